The van der Waals surface area contributed by atoms with Crippen molar-refractivity contribution in [2.75, 3.05) is 18.6 Å². The van der Waals surface area contributed by atoms with Crippen LogP contribution in [0.15, 0.2) is 24.4 Å². The average molecular weight is 410 g/mol. The molecular formula is C15H16ClF3N3O3P. The Balaban J connectivity index is 2.19. The molecule has 0 bridgehead atoms. The number of methoxy groups -OCH3 is 1. The van der Waals surface area contributed by atoms with Gasteiger partial charge in [-0.05, 0) is 17.7 Å². The maximum atomic E-state index is 12.7. The van der Waals surface area contributed by atoms with E-state index in [-0.39, 0.29) is 12.6 Å². The van der Waals surface area contributed by atoms with Crippen molar-refractivity contribution in [2.45, 2.75) is 19.7 Å². The van der Waals surface area contributed by atoms with Gasteiger partial charge < -0.3 is 14.6 Å². The van der Waals surface area contributed by atoms with Gasteiger partial charge in [-0.2, -0.15) is 13.2 Å². The second-order valence-electron chi connectivity index (χ2n) is 5.07. The molecule has 1 unspecified atom stereocenters. The zero-order valence-corrected chi connectivity index (χ0v) is 15.6. The van der Waals surface area contributed by atoms with Gasteiger partial charge in [0.2, 0.25) is 5.95 Å². The fourth-order valence-corrected chi connectivity index (χ4v) is 2.69. The van der Waals surface area contributed by atoms with Crippen molar-refractivity contribution in [3.8, 4) is 5.75 Å². The average Bonchev–Trinajstić information content (AvgIpc) is 2.59. The van der Waals surface area contributed by atoms with Crippen molar-refractivity contribution in [3.05, 3.63) is 40.7 Å². The summed E-state index contributed by atoms with van der Waals surface area (Å²) < 4.78 is 59.9. The number of alkyl halides is 3. The van der Waals surface area contributed by atoms with Crippen LogP contribution >= 0.6 is 19.6 Å². The first kappa shape index (κ1) is 20.5. The number of nitrogens with one attached hydrogen (secondary N) is 1. The van der Waals surface area contributed by atoms with Crippen LogP contribution in [0.25, 0.3) is 0 Å². The molecule has 0 radical (unpaired) electrons. The number of nitrogens with zero attached hydrogens (tertiary/aromatic N) is 2. The van der Waals surface area contributed by atoms with Gasteiger partial charge in [-0.3, -0.25) is 4.57 Å². The molecule has 1 heterocycles. The molecule has 0 saturated carbocycles. The van der Waals surface area contributed by atoms with E-state index in [1.807, 2.05) is 0 Å². The number of hydrogen-bond acceptors (Lipinski definition) is 6. The summed E-state index contributed by atoms with van der Waals surface area (Å²) in [6, 6.07) is 4.97. The van der Waals surface area contributed by atoms with Crippen LogP contribution in [0.2, 0.25) is 5.15 Å². The predicted molar refractivity (Wildman–Crippen MR) is 92.7 cm³/mol. The molecule has 2 aromatic rings. The molecule has 0 saturated heterocycles. The van der Waals surface area contributed by atoms with Crippen LogP contribution in [0, 0.1) is 0 Å². The Morgan fingerprint density at radius 3 is 2.65 bits per heavy atom. The Morgan fingerprint density at radius 2 is 2.08 bits per heavy atom. The van der Waals surface area contributed by atoms with E-state index in [1.54, 1.807) is 25.1 Å². The topological polar surface area (TPSA) is 73.3 Å². The van der Waals surface area contributed by atoms with Gasteiger partial charge in [0, 0.05) is 12.4 Å². The highest BCUT2D eigenvalue weighted by atomic mass is 35.5. The van der Waals surface area contributed by atoms with Crippen LogP contribution in [-0.4, -0.2) is 23.2 Å². The number of halogens is 4. The van der Waals surface area contributed by atoms with Crippen LogP contribution in [0.4, 0.5) is 24.8 Å². The lowest BCUT2D eigenvalue weighted by atomic mass is 10.2. The van der Waals surface area contributed by atoms with Gasteiger partial charge in [0.15, 0.2) is 8.03 Å². The molecule has 1 N–H and O–H groups in total. The van der Waals surface area contributed by atoms with E-state index in [0.29, 0.717) is 23.8 Å². The largest absolute Gasteiger partial charge is 0.495 e. The Labute approximate surface area is 153 Å². The van der Waals surface area contributed by atoms with E-state index in [4.69, 9.17) is 20.9 Å². The molecule has 0 spiro atoms. The van der Waals surface area contributed by atoms with Crippen molar-refractivity contribution in [1.29, 1.82) is 0 Å². The Kier molecular flexibility index (Phi) is 6.86. The first-order valence-electron chi connectivity index (χ1n) is 7.44. The highest BCUT2D eigenvalue weighted by molar-refractivity contribution is 7.39. The van der Waals surface area contributed by atoms with Crippen LogP contribution < -0.4 is 10.1 Å². The molecule has 0 amide bonds. The van der Waals surface area contributed by atoms with Gasteiger partial charge in [0.25, 0.3) is 0 Å². The number of rotatable bonds is 7. The van der Waals surface area contributed by atoms with Gasteiger partial charge in [0.1, 0.15) is 16.5 Å². The molecule has 0 aliphatic rings. The lowest BCUT2D eigenvalue weighted by Crippen LogP contribution is -2.09. The minimum Gasteiger partial charge on any atom is -0.495 e. The van der Waals surface area contributed by atoms with Crippen molar-refractivity contribution in [1.82, 2.24) is 9.97 Å². The standard InChI is InChI=1S/C15H16ClF3N3O3P/c1-3-26(23)25-8-9-4-5-11(12(6-9)24-2)21-14-20-7-10(13(16)22-14)15(17,18)19/h4-7,26H,3,8H2,1-2H3,(H,20,21,22). The molecule has 0 aliphatic heterocycles. The van der Waals surface area contributed by atoms with Gasteiger partial charge in [-0.25, -0.2) is 9.97 Å². The lowest BCUT2D eigenvalue weighted by molar-refractivity contribution is -0.137. The molecule has 11 heteroatoms. The van der Waals surface area contributed by atoms with Crippen LogP contribution in [0.1, 0.15) is 18.1 Å². The van der Waals surface area contributed by atoms with Crippen molar-refractivity contribution < 1.29 is 27.0 Å². The second kappa shape index (κ2) is 8.70. The number of benzene rings is 1. The van der Waals surface area contributed by atoms with E-state index in [0.717, 1.165) is 5.56 Å². The first-order valence-corrected chi connectivity index (χ1v) is 9.34. The maximum absolute atomic E-state index is 12.7. The molecule has 2 rings (SSSR count). The van der Waals surface area contributed by atoms with Gasteiger partial charge in [0.05, 0.1) is 19.4 Å². The molecule has 1 atom stereocenters. The van der Waals surface area contributed by atoms with E-state index in [9.17, 15) is 17.7 Å². The summed E-state index contributed by atoms with van der Waals surface area (Å²) in [5.74, 6) is 0.281. The monoisotopic (exact) mass is 409 g/mol. The summed E-state index contributed by atoms with van der Waals surface area (Å²) in [5, 5.41) is 2.05. The Hall–Kier alpha value is -1.83. The zero-order valence-electron chi connectivity index (χ0n) is 13.9. The Morgan fingerprint density at radius 1 is 1.35 bits per heavy atom. The minimum atomic E-state index is -4.63. The summed E-state index contributed by atoms with van der Waals surface area (Å²) >= 11 is 5.58. The molecule has 1 aromatic heterocycles. The predicted octanol–water partition coefficient (Wildman–Crippen LogP) is 4.91. The van der Waals surface area contributed by atoms with Crippen molar-refractivity contribution in [2.24, 2.45) is 0 Å². The molecule has 1 aromatic carbocycles. The molecular weight excluding hydrogens is 394 g/mol. The normalized spacial score (nSPS) is 12.7. The summed E-state index contributed by atoms with van der Waals surface area (Å²) in [6.07, 6.45) is -3.57. The number of ether oxygens (including phenoxy) is 1. The number of aromatic nitrogens is 2. The zero-order chi connectivity index (χ0) is 19.3. The van der Waals surface area contributed by atoms with Crippen molar-refractivity contribution >= 4 is 31.3 Å². The first-order chi connectivity index (χ1) is 12.2. The van der Waals surface area contributed by atoms with Gasteiger partial charge in [-0.15, -0.1) is 0 Å². The smallest absolute Gasteiger partial charge is 0.420 e. The maximum Gasteiger partial charge on any atom is 0.420 e. The van der Waals surface area contributed by atoms with E-state index < -0.39 is 24.9 Å². The highest BCUT2D eigenvalue weighted by Gasteiger charge is 2.34. The third-order valence-electron chi connectivity index (χ3n) is 3.25. The molecule has 0 fully saturated rings. The van der Waals surface area contributed by atoms with Crippen LogP contribution in [0.3, 0.4) is 0 Å². The summed E-state index contributed by atoms with van der Waals surface area (Å²) in [4.78, 5) is 7.23. The van der Waals surface area contributed by atoms with Crippen LogP contribution in [0.5, 0.6) is 5.75 Å². The van der Waals surface area contributed by atoms with Gasteiger partial charge >= 0.3 is 6.18 Å². The fourth-order valence-electron chi connectivity index (χ4n) is 1.93. The van der Waals surface area contributed by atoms with E-state index >= 15 is 0 Å². The molecule has 0 aliphatic carbocycles. The Bertz CT molecular complexity index is 805. The van der Waals surface area contributed by atoms with Crippen molar-refractivity contribution in [3.63, 3.8) is 0 Å². The summed E-state index contributed by atoms with van der Waals surface area (Å²) in [5.41, 5.74) is 0.0381. The minimum absolute atomic E-state index is 0.110. The summed E-state index contributed by atoms with van der Waals surface area (Å²) in [6.45, 7) is 1.93. The second-order valence-corrected chi connectivity index (χ2v) is 7.17. The quantitative estimate of drug-likeness (QED) is 0.517. The fraction of sp³-hybridized carbons (Fsp3) is 0.333. The van der Waals surface area contributed by atoms with Gasteiger partial charge in [-0.1, -0.05) is 24.6 Å². The number of hydrogen-bond donors (Lipinski definition) is 1. The molecule has 6 nitrogen and oxygen atoms in total. The third kappa shape index (κ3) is 5.33. The number of anilines is 2. The lowest BCUT2D eigenvalue weighted by Gasteiger charge is -2.13. The van der Waals surface area contributed by atoms with Crippen LogP contribution in [-0.2, 0) is 21.9 Å². The molecule has 26 heavy (non-hydrogen) atoms. The van der Waals surface area contributed by atoms with E-state index in [1.165, 1.54) is 7.11 Å². The summed E-state index contributed by atoms with van der Waals surface area (Å²) in [7, 11) is -0.626. The highest BCUT2D eigenvalue weighted by Crippen LogP contribution is 2.34. The van der Waals surface area contributed by atoms with E-state index in [2.05, 4.69) is 15.3 Å². The third-order valence-corrected chi connectivity index (χ3v) is 4.58. The molecule has 142 valence electrons. The SMILES string of the molecule is CC[PH](=O)OCc1ccc(Nc2ncc(C(F)(F)F)c(Cl)n2)c(OC)c1.